The molecule has 8 heteroatoms. The SMILES string of the molecule is O=C(Cc1nonc1C(Cc1ccc(F)c(Br)c1)=NO)C1CCCCC1. The minimum atomic E-state index is -0.377. The molecule has 0 amide bonds. The van der Waals surface area contributed by atoms with Gasteiger partial charge in [-0.05, 0) is 51.6 Å². The molecule has 0 aliphatic heterocycles. The molecule has 0 atom stereocenters. The van der Waals surface area contributed by atoms with Crippen LogP contribution < -0.4 is 0 Å². The third kappa shape index (κ3) is 4.35. The van der Waals surface area contributed by atoms with Gasteiger partial charge >= 0.3 is 0 Å². The lowest BCUT2D eigenvalue weighted by Crippen LogP contribution is -2.21. The number of carbonyl (C=O) groups is 1. The van der Waals surface area contributed by atoms with Gasteiger partial charge in [0.2, 0.25) is 0 Å². The molecule has 0 radical (unpaired) electrons. The Morgan fingerprint density at radius 1 is 1.27 bits per heavy atom. The first kappa shape index (κ1) is 18.7. The van der Waals surface area contributed by atoms with Crippen molar-refractivity contribution in [2.75, 3.05) is 0 Å². The number of ketones is 1. The number of carbonyl (C=O) groups excluding carboxylic acids is 1. The van der Waals surface area contributed by atoms with Gasteiger partial charge in [0, 0.05) is 12.3 Å². The van der Waals surface area contributed by atoms with Crippen LogP contribution in [0, 0.1) is 11.7 Å². The Kier molecular flexibility index (Phi) is 6.13. The zero-order chi connectivity index (χ0) is 18.5. The molecule has 1 heterocycles. The molecule has 1 aliphatic carbocycles. The van der Waals surface area contributed by atoms with Crippen molar-refractivity contribution >= 4 is 27.4 Å². The van der Waals surface area contributed by atoms with Crippen LogP contribution in [0.3, 0.4) is 0 Å². The number of aromatic nitrogens is 2. The van der Waals surface area contributed by atoms with Gasteiger partial charge < -0.3 is 5.21 Å². The first-order valence-electron chi connectivity index (χ1n) is 8.58. The van der Waals surface area contributed by atoms with E-state index in [0.717, 1.165) is 31.2 Å². The highest BCUT2D eigenvalue weighted by Gasteiger charge is 2.25. The molecule has 0 unspecified atom stereocenters. The third-order valence-electron chi connectivity index (χ3n) is 4.71. The molecule has 1 saturated carbocycles. The predicted octanol–water partition coefficient (Wildman–Crippen LogP) is 4.08. The minimum Gasteiger partial charge on any atom is -0.411 e. The highest BCUT2D eigenvalue weighted by Crippen LogP contribution is 2.26. The molecule has 26 heavy (non-hydrogen) atoms. The summed E-state index contributed by atoms with van der Waals surface area (Å²) in [4.78, 5) is 12.5. The summed E-state index contributed by atoms with van der Waals surface area (Å²) < 4.78 is 18.5. The fourth-order valence-electron chi connectivity index (χ4n) is 3.28. The smallest absolute Gasteiger partial charge is 0.156 e. The number of benzene rings is 1. The Morgan fingerprint density at radius 2 is 2.04 bits per heavy atom. The van der Waals surface area contributed by atoms with Crippen LogP contribution in [0.5, 0.6) is 0 Å². The average Bonchev–Trinajstić information content (AvgIpc) is 3.11. The van der Waals surface area contributed by atoms with Crippen molar-refractivity contribution in [2.45, 2.75) is 44.9 Å². The van der Waals surface area contributed by atoms with Crippen LogP contribution in [0.1, 0.15) is 49.1 Å². The van der Waals surface area contributed by atoms with E-state index in [0.29, 0.717) is 10.2 Å². The number of Topliss-reactive ketones (excluding diaryl/α,β-unsaturated/α-hetero) is 1. The zero-order valence-electron chi connectivity index (χ0n) is 14.1. The molecule has 1 N–H and O–H groups in total. The lowest BCUT2D eigenvalue weighted by Gasteiger charge is -2.19. The van der Waals surface area contributed by atoms with E-state index in [2.05, 4.69) is 31.4 Å². The van der Waals surface area contributed by atoms with Gasteiger partial charge in [0.25, 0.3) is 0 Å². The molecule has 0 spiro atoms. The topological polar surface area (TPSA) is 88.6 Å². The third-order valence-corrected chi connectivity index (χ3v) is 5.32. The molecule has 0 saturated heterocycles. The number of nitrogens with zero attached hydrogens (tertiary/aromatic N) is 3. The Hall–Kier alpha value is -2.09. The second kappa shape index (κ2) is 8.53. The van der Waals surface area contributed by atoms with Crippen molar-refractivity contribution in [1.82, 2.24) is 10.3 Å². The number of hydrogen-bond acceptors (Lipinski definition) is 6. The van der Waals surface area contributed by atoms with Gasteiger partial charge in [-0.15, -0.1) is 0 Å². The van der Waals surface area contributed by atoms with E-state index >= 15 is 0 Å². The molecule has 1 aromatic carbocycles. The maximum atomic E-state index is 13.4. The highest BCUT2D eigenvalue weighted by atomic mass is 79.9. The molecule has 138 valence electrons. The molecular weight excluding hydrogens is 405 g/mol. The van der Waals surface area contributed by atoms with E-state index in [1.165, 1.54) is 12.5 Å². The molecule has 6 nitrogen and oxygen atoms in total. The summed E-state index contributed by atoms with van der Waals surface area (Å²) in [6, 6.07) is 4.51. The molecular formula is C18H19BrFN3O3. The van der Waals surface area contributed by atoms with Crippen LogP contribution in [-0.4, -0.2) is 27.0 Å². The summed E-state index contributed by atoms with van der Waals surface area (Å²) in [6.45, 7) is 0. The molecule has 0 bridgehead atoms. The van der Waals surface area contributed by atoms with Crippen molar-refractivity contribution in [3.63, 3.8) is 0 Å². The molecule has 1 aromatic heterocycles. The van der Waals surface area contributed by atoms with Gasteiger partial charge in [-0.3, -0.25) is 4.79 Å². The molecule has 3 rings (SSSR count). The van der Waals surface area contributed by atoms with E-state index in [1.54, 1.807) is 12.1 Å². The highest BCUT2D eigenvalue weighted by molar-refractivity contribution is 9.10. The van der Waals surface area contributed by atoms with Crippen molar-refractivity contribution in [3.8, 4) is 0 Å². The van der Waals surface area contributed by atoms with E-state index in [1.807, 2.05) is 0 Å². The average molecular weight is 424 g/mol. The number of halogens is 2. The van der Waals surface area contributed by atoms with Crippen molar-refractivity contribution in [3.05, 3.63) is 45.4 Å². The summed E-state index contributed by atoms with van der Waals surface area (Å²) in [6.07, 6.45) is 5.44. The lowest BCUT2D eigenvalue weighted by molar-refractivity contribution is -0.123. The normalized spacial score (nSPS) is 16.0. The van der Waals surface area contributed by atoms with Gasteiger partial charge in [0.1, 0.15) is 23.0 Å². The van der Waals surface area contributed by atoms with Gasteiger partial charge in [0.15, 0.2) is 5.69 Å². The molecule has 1 fully saturated rings. The Labute approximate surface area is 158 Å². The van der Waals surface area contributed by atoms with Gasteiger partial charge in [-0.25, -0.2) is 9.02 Å². The monoisotopic (exact) mass is 423 g/mol. The van der Waals surface area contributed by atoms with Crippen LogP contribution >= 0.6 is 15.9 Å². The predicted molar refractivity (Wildman–Crippen MR) is 95.7 cm³/mol. The summed E-state index contributed by atoms with van der Waals surface area (Å²) in [7, 11) is 0. The quantitative estimate of drug-likeness (QED) is 0.429. The molecule has 1 aliphatic rings. The fourth-order valence-corrected chi connectivity index (χ4v) is 3.71. The second-order valence-corrected chi connectivity index (χ2v) is 7.36. The van der Waals surface area contributed by atoms with Gasteiger partial charge in [0.05, 0.1) is 10.9 Å². The fraction of sp³-hybridized carbons (Fsp3) is 0.444. The van der Waals surface area contributed by atoms with E-state index in [9.17, 15) is 14.4 Å². The van der Waals surface area contributed by atoms with Crippen LogP contribution in [0.25, 0.3) is 0 Å². The number of rotatable bonds is 6. The summed E-state index contributed by atoms with van der Waals surface area (Å²) in [5, 5.41) is 20.3. The first-order chi connectivity index (χ1) is 12.6. The minimum absolute atomic E-state index is 0.0517. The largest absolute Gasteiger partial charge is 0.411 e. The van der Waals surface area contributed by atoms with Crippen LogP contribution in [0.2, 0.25) is 0 Å². The van der Waals surface area contributed by atoms with Crippen molar-refractivity contribution in [2.24, 2.45) is 11.1 Å². The maximum Gasteiger partial charge on any atom is 0.156 e. The van der Waals surface area contributed by atoms with Crippen LogP contribution in [0.15, 0.2) is 32.5 Å². The lowest BCUT2D eigenvalue weighted by atomic mass is 9.84. The van der Waals surface area contributed by atoms with E-state index in [-0.39, 0.29) is 41.8 Å². The molecule has 2 aromatic rings. The first-order valence-corrected chi connectivity index (χ1v) is 9.37. The van der Waals surface area contributed by atoms with Crippen LogP contribution in [-0.2, 0) is 17.6 Å². The van der Waals surface area contributed by atoms with Crippen molar-refractivity contribution < 1.29 is 19.0 Å². The number of oxime groups is 1. The number of hydrogen-bond donors (Lipinski definition) is 1. The van der Waals surface area contributed by atoms with E-state index in [4.69, 9.17) is 4.63 Å². The zero-order valence-corrected chi connectivity index (χ0v) is 15.7. The Bertz CT molecular complexity index is 816. The van der Waals surface area contributed by atoms with Gasteiger partial charge in [-0.1, -0.05) is 35.6 Å². The van der Waals surface area contributed by atoms with Gasteiger partial charge in [-0.2, -0.15) is 0 Å². The second-order valence-electron chi connectivity index (χ2n) is 6.51. The van der Waals surface area contributed by atoms with Crippen LogP contribution in [0.4, 0.5) is 4.39 Å². The van der Waals surface area contributed by atoms with E-state index < -0.39 is 0 Å². The summed E-state index contributed by atoms with van der Waals surface area (Å²) >= 11 is 3.13. The Morgan fingerprint density at radius 3 is 2.73 bits per heavy atom. The summed E-state index contributed by atoms with van der Waals surface area (Å²) in [5.41, 5.74) is 1.57. The standard InChI is InChI=1S/C18H19BrFN3O3/c19-13-8-11(6-7-14(13)20)9-15(21-25)18-16(22-26-23-18)10-17(24)12-4-2-1-3-5-12/h6-8,12,25H,1-5,9-10H2. The summed E-state index contributed by atoms with van der Waals surface area (Å²) in [5.74, 6) is -0.211. The van der Waals surface area contributed by atoms with Crippen molar-refractivity contribution in [1.29, 1.82) is 0 Å². The maximum absolute atomic E-state index is 13.4. The Balaban J connectivity index is 1.74.